The second kappa shape index (κ2) is 10.0. The van der Waals surface area contributed by atoms with Crippen molar-refractivity contribution in [2.45, 2.75) is 65.3 Å². The standard InChI is InChI=1S/C24H34N2O4/c1-15-8-6-9-19(16(15)2)25-23(27)11-7-10-20-17(3)30-24(26-20)18-12-13-21(28-4)22(14-18)29-5/h12-16,19H,6-11H2,1-5H3,(H,25,27). The Bertz CT molecular complexity index is 861. The second-order valence-electron chi connectivity index (χ2n) is 8.39. The van der Waals surface area contributed by atoms with Crippen molar-refractivity contribution in [3.63, 3.8) is 0 Å². The Morgan fingerprint density at radius 2 is 1.97 bits per heavy atom. The summed E-state index contributed by atoms with van der Waals surface area (Å²) in [4.78, 5) is 17.1. The van der Waals surface area contributed by atoms with E-state index in [9.17, 15) is 4.79 Å². The molecule has 1 heterocycles. The molecule has 1 aliphatic rings. The molecule has 1 N–H and O–H groups in total. The number of amides is 1. The minimum Gasteiger partial charge on any atom is -0.493 e. The molecule has 0 bridgehead atoms. The van der Waals surface area contributed by atoms with Gasteiger partial charge in [0.1, 0.15) is 5.76 Å². The number of benzene rings is 1. The Labute approximate surface area is 179 Å². The number of methoxy groups -OCH3 is 2. The largest absolute Gasteiger partial charge is 0.493 e. The molecule has 30 heavy (non-hydrogen) atoms. The average Bonchev–Trinajstić information content (AvgIpc) is 3.11. The highest BCUT2D eigenvalue weighted by Gasteiger charge is 2.28. The highest BCUT2D eigenvalue weighted by atomic mass is 16.5. The number of hydrogen-bond acceptors (Lipinski definition) is 5. The highest BCUT2D eigenvalue weighted by molar-refractivity contribution is 5.76. The van der Waals surface area contributed by atoms with Crippen LogP contribution < -0.4 is 14.8 Å². The molecule has 0 radical (unpaired) electrons. The molecule has 6 nitrogen and oxygen atoms in total. The Kier molecular flexibility index (Phi) is 7.40. The van der Waals surface area contributed by atoms with Crippen molar-refractivity contribution >= 4 is 5.91 Å². The van der Waals surface area contributed by atoms with E-state index in [1.54, 1.807) is 14.2 Å². The normalized spacial score (nSPS) is 21.3. The monoisotopic (exact) mass is 414 g/mol. The summed E-state index contributed by atoms with van der Waals surface area (Å²) in [6.07, 6.45) is 5.53. The first kappa shape index (κ1) is 22.2. The molecule has 1 aromatic carbocycles. The minimum atomic E-state index is 0.141. The van der Waals surface area contributed by atoms with Crippen LogP contribution in [0.15, 0.2) is 22.6 Å². The third-order valence-corrected chi connectivity index (χ3v) is 6.39. The molecular formula is C24H34N2O4. The Morgan fingerprint density at radius 3 is 2.70 bits per heavy atom. The maximum Gasteiger partial charge on any atom is 0.226 e. The molecule has 6 heteroatoms. The molecule has 3 atom stereocenters. The molecule has 1 amide bonds. The quantitative estimate of drug-likeness (QED) is 0.663. The van der Waals surface area contributed by atoms with Gasteiger partial charge in [0.2, 0.25) is 11.8 Å². The number of ether oxygens (including phenoxy) is 2. The zero-order chi connectivity index (χ0) is 21.7. The highest BCUT2D eigenvalue weighted by Crippen LogP contribution is 2.33. The van der Waals surface area contributed by atoms with Crippen molar-refractivity contribution in [3.8, 4) is 23.0 Å². The maximum absolute atomic E-state index is 12.4. The van der Waals surface area contributed by atoms with Crippen molar-refractivity contribution in [2.24, 2.45) is 11.8 Å². The van der Waals surface area contributed by atoms with Crippen LogP contribution in [0.5, 0.6) is 11.5 Å². The summed E-state index contributed by atoms with van der Waals surface area (Å²) in [6.45, 7) is 6.45. The number of nitrogens with one attached hydrogen (secondary N) is 1. The van der Waals surface area contributed by atoms with E-state index in [0.29, 0.717) is 48.1 Å². The van der Waals surface area contributed by atoms with Gasteiger partial charge in [0.05, 0.1) is 19.9 Å². The van der Waals surface area contributed by atoms with Gasteiger partial charge in [-0.15, -0.1) is 0 Å². The van der Waals surface area contributed by atoms with Crippen LogP contribution >= 0.6 is 0 Å². The first-order chi connectivity index (χ1) is 14.4. The summed E-state index contributed by atoms with van der Waals surface area (Å²) in [5, 5.41) is 3.25. The average molecular weight is 415 g/mol. The van der Waals surface area contributed by atoms with E-state index in [-0.39, 0.29) is 5.91 Å². The number of nitrogens with zero attached hydrogens (tertiary/aromatic N) is 1. The van der Waals surface area contributed by atoms with E-state index in [1.165, 1.54) is 12.8 Å². The maximum atomic E-state index is 12.4. The molecule has 3 unspecified atom stereocenters. The summed E-state index contributed by atoms with van der Waals surface area (Å²) in [5.74, 6) is 4.00. The minimum absolute atomic E-state index is 0.141. The lowest BCUT2D eigenvalue weighted by Gasteiger charge is -2.34. The summed E-state index contributed by atoms with van der Waals surface area (Å²) >= 11 is 0. The van der Waals surface area contributed by atoms with Crippen LogP contribution in [0.25, 0.3) is 11.5 Å². The lowest BCUT2D eigenvalue weighted by Crippen LogP contribution is -2.43. The van der Waals surface area contributed by atoms with Crippen LogP contribution in [0.1, 0.15) is 57.4 Å². The Balaban J connectivity index is 1.56. The van der Waals surface area contributed by atoms with Crippen molar-refractivity contribution in [3.05, 3.63) is 29.7 Å². The fraction of sp³-hybridized carbons (Fsp3) is 0.583. The molecule has 1 fully saturated rings. The number of carbonyl (C=O) groups excluding carboxylic acids is 1. The van der Waals surface area contributed by atoms with E-state index < -0.39 is 0 Å². The number of aryl methyl sites for hydroxylation is 2. The fourth-order valence-corrected chi connectivity index (χ4v) is 4.23. The van der Waals surface area contributed by atoms with Crippen LogP contribution in [0.2, 0.25) is 0 Å². The van der Waals surface area contributed by atoms with Crippen LogP contribution in [-0.2, 0) is 11.2 Å². The summed E-state index contributed by atoms with van der Waals surface area (Å²) in [6, 6.07) is 5.90. The summed E-state index contributed by atoms with van der Waals surface area (Å²) < 4.78 is 16.5. The van der Waals surface area contributed by atoms with Crippen molar-refractivity contribution in [2.75, 3.05) is 14.2 Å². The molecule has 164 valence electrons. The number of aromatic nitrogens is 1. The topological polar surface area (TPSA) is 73.6 Å². The van der Waals surface area contributed by atoms with E-state index >= 15 is 0 Å². The molecule has 1 aromatic heterocycles. The first-order valence-corrected chi connectivity index (χ1v) is 10.9. The number of oxazole rings is 1. The fourth-order valence-electron chi connectivity index (χ4n) is 4.23. The van der Waals surface area contributed by atoms with Crippen molar-refractivity contribution in [1.29, 1.82) is 0 Å². The van der Waals surface area contributed by atoms with Gasteiger partial charge in [-0.25, -0.2) is 4.98 Å². The van der Waals surface area contributed by atoms with Crippen LogP contribution in [0.3, 0.4) is 0 Å². The van der Waals surface area contributed by atoms with Gasteiger partial charge in [-0.3, -0.25) is 4.79 Å². The molecule has 1 saturated carbocycles. The SMILES string of the molecule is COc1ccc(-c2nc(CCCC(=O)NC3CCCC(C)C3C)c(C)o2)cc1OC. The van der Waals surface area contributed by atoms with Crippen LogP contribution in [-0.4, -0.2) is 31.2 Å². The van der Waals surface area contributed by atoms with Gasteiger partial charge in [0.25, 0.3) is 0 Å². The summed E-state index contributed by atoms with van der Waals surface area (Å²) in [7, 11) is 3.21. The van der Waals surface area contributed by atoms with Crippen molar-refractivity contribution in [1.82, 2.24) is 10.3 Å². The van der Waals surface area contributed by atoms with Crippen LogP contribution in [0, 0.1) is 18.8 Å². The first-order valence-electron chi connectivity index (χ1n) is 10.9. The number of rotatable bonds is 8. The predicted octanol–water partition coefficient (Wildman–Crippen LogP) is 4.93. The lowest BCUT2D eigenvalue weighted by atomic mass is 9.78. The van der Waals surface area contributed by atoms with Gasteiger partial charge < -0.3 is 19.2 Å². The third-order valence-electron chi connectivity index (χ3n) is 6.39. The second-order valence-corrected chi connectivity index (χ2v) is 8.39. The van der Waals surface area contributed by atoms with Gasteiger partial charge in [-0.05, 0) is 56.2 Å². The van der Waals surface area contributed by atoms with E-state index in [0.717, 1.165) is 29.9 Å². The summed E-state index contributed by atoms with van der Waals surface area (Å²) in [5.41, 5.74) is 1.73. The number of hydrogen-bond donors (Lipinski definition) is 1. The zero-order valence-corrected chi connectivity index (χ0v) is 18.8. The van der Waals surface area contributed by atoms with Gasteiger partial charge in [-0.1, -0.05) is 26.7 Å². The Hall–Kier alpha value is -2.50. The molecular weight excluding hydrogens is 380 g/mol. The lowest BCUT2D eigenvalue weighted by molar-refractivity contribution is -0.122. The van der Waals surface area contributed by atoms with Crippen LogP contribution in [0.4, 0.5) is 0 Å². The van der Waals surface area contributed by atoms with E-state index in [4.69, 9.17) is 13.9 Å². The van der Waals surface area contributed by atoms with Crippen molar-refractivity contribution < 1.29 is 18.7 Å². The molecule has 0 spiro atoms. The predicted molar refractivity (Wildman–Crippen MR) is 117 cm³/mol. The molecule has 0 aliphatic heterocycles. The molecule has 3 rings (SSSR count). The Morgan fingerprint density at radius 1 is 1.20 bits per heavy atom. The zero-order valence-electron chi connectivity index (χ0n) is 18.8. The number of carbonyl (C=O) groups is 1. The van der Waals surface area contributed by atoms with Gasteiger partial charge in [-0.2, -0.15) is 0 Å². The van der Waals surface area contributed by atoms with Gasteiger partial charge >= 0.3 is 0 Å². The molecule has 1 aliphatic carbocycles. The van der Waals surface area contributed by atoms with E-state index in [1.807, 2.05) is 25.1 Å². The van der Waals surface area contributed by atoms with Gasteiger partial charge in [0, 0.05) is 18.0 Å². The third kappa shape index (κ3) is 5.15. The molecule has 0 saturated heterocycles. The smallest absolute Gasteiger partial charge is 0.226 e. The van der Waals surface area contributed by atoms with E-state index in [2.05, 4.69) is 24.1 Å². The molecule has 2 aromatic rings. The van der Waals surface area contributed by atoms with Gasteiger partial charge in [0.15, 0.2) is 11.5 Å².